The Kier molecular flexibility index (Phi) is 5.88. The molecule has 1 fully saturated rings. The van der Waals surface area contributed by atoms with Crippen LogP contribution >= 0.6 is 0 Å². The molecule has 2 aromatic rings. The minimum atomic E-state index is -0.448. The molecule has 0 bridgehead atoms. The van der Waals surface area contributed by atoms with Crippen molar-refractivity contribution < 1.29 is 4.92 Å². The molecule has 0 aliphatic heterocycles. The summed E-state index contributed by atoms with van der Waals surface area (Å²) in [5.41, 5.74) is 2.73. The number of nitrogens with one attached hydrogen (secondary N) is 1. The van der Waals surface area contributed by atoms with Crippen molar-refractivity contribution in [1.82, 2.24) is 9.78 Å². The minimum absolute atomic E-state index is 0.00222. The van der Waals surface area contributed by atoms with Crippen LogP contribution in [0.25, 0.3) is 5.69 Å². The summed E-state index contributed by atoms with van der Waals surface area (Å²) in [6.07, 6.45) is 7.49. The van der Waals surface area contributed by atoms with Gasteiger partial charge in [0.1, 0.15) is 0 Å². The Morgan fingerprint density at radius 1 is 1.26 bits per heavy atom. The summed E-state index contributed by atoms with van der Waals surface area (Å²) >= 11 is 0. The number of hydrogen-bond donors (Lipinski definition) is 1. The molecule has 0 atom stereocenters. The Morgan fingerprint density at radius 2 is 1.93 bits per heavy atom. The molecule has 27 heavy (non-hydrogen) atoms. The van der Waals surface area contributed by atoms with Gasteiger partial charge in [-0.25, -0.2) is 4.68 Å². The van der Waals surface area contributed by atoms with Gasteiger partial charge in [0.25, 0.3) is 11.2 Å². The number of aromatic amines is 1. The number of hydrogen-bond acceptors (Lipinski definition) is 4. The Morgan fingerprint density at radius 3 is 2.52 bits per heavy atom. The number of aromatic nitrogens is 2. The molecular weight excluding hydrogens is 344 g/mol. The van der Waals surface area contributed by atoms with Crippen LogP contribution in [-0.2, 0) is 6.42 Å². The third kappa shape index (κ3) is 4.18. The molecule has 0 amide bonds. The molecule has 1 aromatic heterocycles. The summed E-state index contributed by atoms with van der Waals surface area (Å²) in [4.78, 5) is 28.3. The van der Waals surface area contributed by atoms with E-state index in [4.69, 9.17) is 4.99 Å². The fourth-order valence-corrected chi connectivity index (χ4v) is 3.74. The topological polar surface area (TPSA) is 93.3 Å². The van der Waals surface area contributed by atoms with Crippen LogP contribution in [0.4, 0.5) is 5.69 Å². The van der Waals surface area contributed by atoms with E-state index in [0.29, 0.717) is 17.3 Å². The van der Waals surface area contributed by atoms with Crippen molar-refractivity contribution in [2.45, 2.75) is 64.8 Å². The number of aryl methyl sites for hydroxylation is 1. The van der Waals surface area contributed by atoms with E-state index in [0.717, 1.165) is 37.1 Å². The Labute approximate surface area is 158 Å². The van der Waals surface area contributed by atoms with Gasteiger partial charge in [0.05, 0.1) is 22.2 Å². The molecule has 7 nitrogen and oxygen atoms in total. The first-order chi connectivity index (χ1) is 13.0. The van der Waals surface area contributed by atoms with Crippen LogP contribution in [0, 0.1) is 10.1 Å². The monoisotopic (exact) mass is 370 g/mol. The average molecular weight is 370 g/mol. The van der Waals surface area contributed by atoms with E-state index in [1.165, 1.54) is 36.1 Å². The lowest BCUT2D eigenvalue weighted by atomic mass is 9.95. The lowest BCUT2D eigenvalue weighted by Gasteiger charge is -2.18. The smallest absolute Gasteiger partial charge is 0.280 e. The van der Waals surface area contributed by atoms with Gasteiger partial charge in [-0.15, -0.1) is 0 Å². The van der Waals surface area contributed by atoms with Crippen molar-refractivity contribution in [2.24, 2.45) is 4.99 Å². The molecule has 0 spiro atoms. The molecule has 1 aliphatic carbocycles. The second-order valence-electron chi connectivity index (χ2n) is 7.14. The molecule has 0 saturated heterocycles. The predicted octanol–water partition coefficient (Wildman–Crippen LogP) is 4.17. The average Bonchev–Trinajstić information content (AvgIpc) is 2.99. The molecule has 1 aliphatic rings. The van der Waals surface area contributed by atoms with E-state index in [1.54, 1.807) is 12.1 Å². The van der Waals surface area contributed by atoms with Gasteiger partial charge in [-0.2, -0.15) is 0 Å². The maximum atomic E-state index is 13.1. The number of nitro benzene ring substituents is 1. The SMILES string of the molecule is CCCc1[nH]n(-c2ccc([N+](=O)[O-])cc2)c(=O)c1C(C)=NC1CCCCC1. The zero-order chi connectivity index (χ0) is 19.4. The lowest BCUT2D eigenvalue weighted by molar-refractivity contribution is -0.384. The number of aliphatic imine (C=N–C) groups is 1. The molecule has 0 unspecified atom stereocenters. The quantitative estimate of drug-likeness (QED) is 0.470. The van der Waals surface area contributed by atoms with E-state index in [1.807, 2.05) is 6.92 Å². The van der Waals surface area contributed by atoms with Crippen molar-refractivity contribution in [1.29, 1.82) is 0 Å². The summed E-state index contributed by atoms with van der Waals surface area (Å²) in [7, 11) is 0. The molecule has 1 heterocycles. The van der Waals surface area contributed by atoms with Gasteiger partial charge in [-0.1, -0.05) is 32.6 Å². The second kappa shape index (κ2) is 8.33. The van der Waals surface area contributed by atoms with Gasteiger partial charge < -0.3 is 0 Å². The standard InChI is InChI=1S/C20H26N4O3/c1-3-7-18-19(14(2)21-15-8-5-4-6-9-15)20(25)23(22-18)16-10-12-17(13-11-16)24(26)27/h10-13,15,22H,3-9H2,1-2H3. The Balaban J connectivity index is 1.99. The van der Waals surface area contributed by atoms with Gasteiger partial charge in [0.2, 0.25) is 0 Å². The molecule has 1 N–H and O–H groups in total. The highest BCUT2D eigenvalue weighted by molar-refractivity contribution is 5.99. The first-order valence-corrected chi connectivity index (χ1v) is 9.64. The lowest BCUT2D eigenvalue weighted by Crippen LogP contribution is -2.21. The van der Waals surface area contributed by atoms with Crippen LogP contribution in [0.5, 0.6) is 0 Å². The maximum absolute atomic E-state index is 13.1. The minimum Gasteiger partial charge on any atom is -0.294 e. The largest absolute Gasteiger partial charge is 0.294 e. The van der Waals surface area contributed by atoms with Gasteiger partial charge in [-0.3, -0.25) is 25.0 Å². The van der Waals surface area contributed by atoms with E-state index < -0.39 is 4.92 Å². The van der Waals surface area contributed by atoms with Gasteiger partial charge >= 0.3 is 0 Å². The van der Waals surface area contributed by atoms with Crippen LogP contribution in [0.2, 0.25) is 0 Å². The first-order valence-electron chi connectivity index (χ1n) is 9.64. The van der Waals surface area contributed by atoms with Crippen molar-refractivity contribution in [3.8, 4) is 5.69 Å². The van der Waals surface area contributed by atoms with Crippen molar-refractivity contribution in [3.05, 3.63) is 56.0 Å². The normalized spacial score (nSPS) is 15.9. The Hall–Kier alpha value is -2.70. The fourth-order valence-electron chi connectivity index (χ4n) is 3.74. The predicted molar refractivity (Wildman–Crippen MR) is 106 cm³/mol. The van der Waals surface area contributed by atoms with Gasteiger partial charge in [0.15, 0.2) is 0 Å². The fraction of sp³-hybridized carbons (Fsp3) is 0.500. The first kappa shape index (κ1) is 19.1. The van der Waals surface area contributed by atoms with Crippen LogP contribution in [0.15, 0.2) is 34.1 Å². The summed E-state index contributed by atoms with van der Waals surface area (Å²) in [6.45, 7) is 3.98. The van der Waals surface area contributed by atoms with Crippen molar-refractivity contribution in [2.75, 3.05) is 0 Å². The zero-order valence-corrected chi connectivity index (χ0v) is 15.9. The van der Waals surface area contributed by atoms with Crippen LogP contribution in [0.3, 0.4) is 0 Å². The number of H-pyrrole nitrogens is 1. The van der Waals surface area contributed by atoms with Crippen LogP contribution in [0.1, 0.15) is 63.6 Å². The Bertz CT molecular complexity index is 887. The summed E-state index contributed by atoms with van der Waals surface area (Å²) < 4.78 is 1.46. The summed E-state index contributed by atoms with van der Waals surface area (Å²) in [5.74, 6) is 0. The highest BCUT2D eigenvalue weighted by Gasteiger charge is 2.20. The van der Waals surface area contributed by atoms with Gasteiger partial charge in [-0.05, 0) is 38.3 Å². The molecule has 144 valence electrons. The number of non-ortho nitro benzene ring substituents is 1. The number of nitro groups is 1. The second-order valence-corrected chi connectivity index (χ2v) is 7.14. The molecule has 7 heteroatoms. The van der Waals surface area contributed by atoms with Crippen molar-refractivity contribution in [3.63, 3.8) is 0 Å². The van der Waals surface area contributed by atoms with Gasteiger partial charge in [0, 0.05) is 23.5 Å². The van der Waals surface area contributed by atoms with E-state index in [-0.39, 0.29) is 11.2 Å². The third-order valence-electron chi connectivity index (χ3n) is 5.10. The highest BCUT2D eigenvalue weighted by Crippen LogP contribution is 2.22. The van der Waals surface area contributed by atoms with Crippen molar-refractivity contribution >= 4 is 11.4 Å². The van der Waals surface area contributed by atoms with E-state index in [2.05, 4.69) is 12.0 Å². The number of rotatable bonds is 6. The third-order valence-corrected chi connectivity index (χ3v) is 5.10. The molecule has 3 rings (SSSR count). The summed E-state index contributed by atoms with van der Waals surface area (Å²) in [5, 5.41) is 14.0. The zero-order valence-electron chi connectivity index (χ0n) is 15.9. The maximum Gasteiger partial charge on any atom is 0.280 e. The number of nitrogens with zero attached hydrogens (tertiary/aromatic N) is 3. The molecule has 1 saturated carbocycles. The summed E-state index contributed by atoms with van der Waals surface area (Å²) in [6, 6.07) is 6.29. The molecular formula is C20H26N4O3. The number of benzene rings is 1. The molecule has 1 aromatic carbocycles. The highest BCUT2D eigenvalue weighted by atomic mass is 16.6. The van der Waals surface area contributed by atoms with E-state index in [9.17, 15) is 14.9 Å². The molecule has 0 radical (unpaired) electrons. The van der Waals surface area contributed by atoms with Crippen LogP contribution < -0.4 is 5.56 Å². The van der Waals surface area contributed by atoms with Crippen LogP contribution in [-0.4, -0.2) is 26.5 Å². The van der Waals surface area contributed by atoms with E-state index >= 15 is 0 Å².